The van der Waals surface area contributed by atoms with Gasteiger partial charge in [0.05, 0.1) is 9.90 Å². The van der Waals surface area contributed by atoms with Crippen LogP contribution in [-0.2, 0) is 10.0 Å². The highest BCUT2D eigenvalue weighted by atomic mass is 32.2. The summed E-state index contributed by atoms with van der Waals surface area (Å²) in [6, 6.07) is 9.48. The van der Waals surface area contributed by atoms with E-state index in [1.165, 1.54) is 23.5 Å². The molecule has 0 fully saturated rings. The van der Waals surface area contributed by atoms with Gasteiger partial charge in [-0.05, 0) is 44.2 Å². The van der Waals surface area contributed by atoms with Gasteiger partial charge in [0.25, 0.3) is 5.91 Å². The zero-order valence-electron chi connectivity index (χ0n) is 14.6. The van der Waals surface area contributed by atoms with E-state index < -0.39 is 10.0 Å². The first-order valence-corrected chi connectivity index (χ1v) is 10.2. The molecule has 0 aliphatic heterocycles. The maximum atomic E-state index is 12.6. The van der Waals surface area contributed by atoms with Crippen LogP contribution in [0.2, 0.25) is 0 Å². The first kappa shape index (κ1) is 19.0. The maximum Gasteiger partial charge on any atom is 0.277 e. The summed E-state index contributed by atoms with van der Waals surface area (Å²) in [6.45, 7) is 3.61. The lowest BCUT2D eigenvalue weighted by atomic mass is 10.3. The van der Waals surface area contributed by atoms with Crippen LogP contribution in [0.25, 0.3) is 0 Å². The number of nitrogens with two attached hydrogens (primary N) is 1. The van der Waals surface area contributed by atoms with E-state index in [2.05, 4.69) is 20.6 Å². The number of rotatable bonds is 5. The molecule has 140 valence electrons. The molecular weight excluding hydrogens is 386 g/mol. The normalized spacial score (nSPS) is 11.2. The zero-order chi connectivity index (χ0) is 19.6. The predicted octanol–water partition coefficient (Wildman–Crippen LogP) is 2.80. The Morgan fingerprint density at radius 2 is 1.93 bits per heavy atom. The number of sulfonamides is 1. The molecule has 8 nitrogen and oxygen atoms in total. The molecule has 0 bridgehead atoms. The summed E-state index contributed by atoms with van der Waals surface area (Å²) in [5.74, 6) is -0.380. The van der Waals surface area contributed by atoms with Gasteiger partial charge < -0.3 is 10.6 Å². The Bertz CT molecular complexity index is 1110. The van der Waals surface area contributed by atoms with Crippen LogP contribution in [0.5, 0.6) is 0 Å². The van der Waals surface area contributed by atoms with E-state index in [-0.39, 0.29) is 16.5 Å². The highest BCUT2D eigenvalue weighted by Gasteiger charge is 2.18. The fourth-order valence-electron chi connectivity index (χ4n) is 2.36. The van der Waals surface area contributed by atoms with Crippen molar-refractivity contribution in [3.63, 3.8) is 0 Å². The molecule has 0 unspecified atom stereocenters. The summed E-state index contributed by atoms with van der Waals surface area (Å²) in [6.07, 6.45) is 1.61. The third kappa shape index (κ3) is 4.67. The summed E-state index contributed by atoms with van der Waals surface area (Å²) in [4.78, 5) is 21.0. The molecule has 2 aromatic heterocycles. The standard InChI is InChI=1S/C17H17N5O3S2/c1-10-8-13(6-7-19-10)21-16(23)15-17(26-11(2)20-15)22-12-4-3-5-14(9-12)27(18,24)25/h3-9,22H,1-2H3,(H2,18,24,25)(H,19,21,23). The van der Waals surface area contributed by atoms with E-state index in [1.807, 2.05) is 6.92 Å². The van der Waals surface area contributed by atoms with Crippen LogP contribution in [0.4, 0.5) is 16.4 Å². The Labute approximate surface area is 160 Å². The van der Waals surface area contributed by atoms with Crippen LogP contribution in [0.3, 0.4) is 0 Å². The van der Waals surface area contributed by atoms with Crippen molar-refractivity contribution in [1.82, 2.24) is 9.97 Å². The van der Waals surface area contributed by atoms with E-state index in [4.69, 9.17) is 5.14 Å². The average Bonchev–Trinajstić information content (AvgIpc) is 2.95. The molecule has 27 heavy (non-hydrogen) atoms. The minimum absolute atomic E-state index is 0.0213. The number of nitrogens with one attached hydrogen (secondary N) is 2. The summed E-state index contributed by atoms with van der Waals surface area (Å²) < 4.78 is 23.0. The largest absolute Gasteiger partial charge is 0.345 e. The Balaban J connectivity index is 1.87. The number of carbonyl (C=O) groups is 1. The molecule has 3 rings (SSSR count). The number of anilines is 3. The number of benzene rings is 1. The van der Waals surface area contributed by atoms with Crippen molar-refractivity contribution >= 4 is 43.6 Å². The molecule has 0 aliphatic carbocycles. The van der Waals surface area contributed by atoms with Crippen LogP contribution < -0.4 is 15.8 Å². The fraction of sp³-hybridized carbons (Fsp3) is 0.118. The molecule has 3 aromatic rings. The molecule has 2 heterocycles. The summed E-state index contributed by atoms with van der Waals surface area (Å²) in [5, 5.41) is 12.2. The Hall–Kier alpha value is -2.82. The molecule has 0 saturated carbocycles. The number of hydrogen-bond donors (Lipinski definition) is 3. The Kier molecular flexibility index (Phi) is 5.22. The third-order valence-electron chi connectivity index (χ3n) is 3.52. The first-order valence-electron chi connectivity index (χ1n) is 7.84. The number of primary sulfonamides is 1. The van der Waals surface area contributed by atoms with Crippen molar-refractivity contribution < 1.29 is 13.2 Å². The Morgan fingerprint density at radius 1 is 1.15 bits per heavy atom. The maximum absolute atomic E-state index is 12.6. The molecule has 10 heteroatoms. The van der Waals surface area contributed by atoms with Gasteiger partial charge in [-0.1, -0.05) is 6.07 Å². The number of aryl methyl sites for hydroxylation is 2. The Morgan fingerprint density at radius 3 is 2.63 bits per heavy atom. The van der Waals surface area contributed by atoms with Gasteiger partial charge in [0.2, 0.25) is 10.0 Å². The molecule has 1 amide bonds. The van der Waals surface area contributed by atoms with Gasteiger partial charge in [0.1, 0.15) is 5.00 Å². The SMILES string of the molecule is Cc1cc(NC(=O)c2nc(C)sc2Nc2cccc(S(N)(=O)=O)c2)ccn1. The quantitative estimate of drug-likeness (QED) is 0.601. The predicted molar refractivity (Wildman–Crippen MR) is 105 cm³/mol. The van der Waals surface area contributed by atoms with Gasteiger partial charge >= 0.3 is 0 Å². The fourth-order valence-corrected chi connectivity index (χ4v) is 3.76. The zero-order valence-corrected chi connectivity index (χ0v) is 16.2. The number of carbonyl (C=O) groups excluding carboxylic acids is 1. The minimum atomic E-state index is -3.82. The molecule has 0 spiro atoms. The number of pyridine rings is 1. The molecular formula is C17H17N5O3S2. The minimum Gasteiger partial charge on any atom is -0.345 e. The van der Waals surface area contributed by atoms with Crippen LogP contribution in [0.15, 0.2) is 47.5 Å². The summed E-state index contributed by atoms with van der Waals surface area (Å²) in [5.41, 5.74) is 2.09. The van der Waals surface area contributed by atoms with Crippen molar-refractivity contribution in [2.45, 2.75) is 18.7 Å². The van der Waals surface area contributed by atoms with Gasteiger partial charge in [-0.3, -0.25) is 9.78 Å². The lowest BCUT2D eigenvalue weighted by Gasteiger charge is -2.08. The van der Waals surface area contributed by atoms with E-state index in [1.54, 1.807) is 37.4 Å². The van der Waals surface area contributed by atoms with Crippen LogP contribution in [0.1, 0.15) is 21.2 Å². The highest BCUT2D eigenvalue weighted by Crippen LogP contribution is 2.29. The van der Waals surface area contributed by atoms with Gasteiger partial charge in [-0.25, -0.2) is 18.5 Å². The molecule has 1 aromatic carbocycles. The van der Waals surface area contributed by atoms with Crippen LogP contribution >= 0.6 is 11.3 Å². The number of amides is 1. The number of nitrogens with zero attached hydrogens (tertiary/aromatic N) is 2. The first-order chi connectivity index (χ1) is 12.7. The van der Waals surface area contributed by atoms with E-state index >= 15 is 0 Å². The average molecular weight is 403 g/mol. The second kappa shape index (κ2) is 7.43. The van der Waals surface area contributed by atoms with Crippen molar-refractivity contribution in [2.24, 2.45) is 5.14 Å². The van der Waals surface area contributed by atoms with Crippen molar-refractivity contribution in [3.8, 4) is 0 Å². The van der Waals surface area contributed by atoms with Crippen LogP contribution in [-0.4, -0.2) is 24.3 Å². The lowest BCUT2D eigenvalue weighted by Crippen LogP contribution is -2.14. The number of thiazole rings is 1. The second-order valence-corrected chi connectivity index (χ2v) is 8.51. The van der Waals surface area contributed by atoms with Crippen molar-refractivity contribution in [1.29, 1.82) is 0 Å². The third-order valence-corrected chi connectivity index (χ3v) is 5.32. The summed E-state index contributed by atoms with van der Waals surface area (Å²) >= 11 is 1.29. The van der Waals surface area contributed by atoms with Crippen molar-refractivity contribution in [2.75, 3.05) is 10.6 Å². The molecule has 0 atom stereocenters. The topological polar surface area (TPSA) is 127 Å². The van der Waals surface area contributed by atoms with Gasteiger partial charge in [-0.15, -0.1) is 11.3 Å². The van der Waals surface area contributed by atoms with Crippen LogP contribution in [0, 0.1) is 13.8 Å². The van der Waals surface area contributed by atoms with Gasteiger partial charge in [-0.2, -0.15) is 0 Å². The van der Waals surface area contributed by atoms with E-state index in [0.29, 0.717) is 21.4 Å². The van der Waals surface area contributed by atoms with Gasteiger partial charge in [0.15, 0.2) is 5.69 Å². The number of aromatic nitrogens is 2. The lowest BCUT2D eigenvalue weighted by molar-refractivity contribution is 0.102. The molecule has 0 saturated heterocycles. The summed E-state index contributed by atoms with van der Waals surface area (Å²) in [7, 11) is -3.82. The van der Waals surface area contributed by atoms with E-state index in [0.717, 1.165) is 5.69 Å². The highest BCUT2D eigenvalue weighted by molar-refractivity contribution is 7.89. The number of hydrogen-bond acceptors (Lipinski definition) is 7. The molecule has 4 N–H and O–H groups in total. The molecule has 0 radical (unpaired) electrons. The smallest absolute Gasteiger partial charge is 0.277 e. The van der Waals surface area contributed by atoms with E-state index in [9.17, 15) is 13.2 Å². The monoisotopic (exact) mass is 403 g/mol. The van der Waals surface area contributed by atoms with Gasteiger partial charge in [0, 0.05) is 23.3 Å². The molecule has 0 aliphatic rings. The van der Waals surface area contributed by atoms with Crippen molar-refractivity contribution in [3.05, 3.63) is 59.0 Å². The second-order valence-electron chi connectivity index (χ2n) is 5.75.